The number of hydrogen-bond acceptors (Lipinski definition) is 8. The Morgan fingerprint density at radius 1 is 1.63 bits per heavy atom. The van der Waals surface area contributed by atoms with Gasteiger partial charge in [-0.3, -0.25) is 4.79 Å². The van der Waals surface area contributed by atoms with Crippen molar-refractivity contribution in [2.24, 2.45) is 5.10 Å². The summed E-state index contributed by atoms with van der Waals surface area (Å²) in [5, 5.41) is 13.8. The Morgan fingerprint density at radius 3 is 3.11 bits per heavy atom. The molecule has 0 aliphatic carbocycles. The van der Waals surface area contributed by atoms with E-state index < -0.39 is 0 Å². The number of thiophene rings is 1. The number of thioether (sulfide) groups is 1. The number of hydrogen-bond donors (Lipinski definition) is 2. The fraction of sp³-hybridized carbons (Fsp3) is 0.200. The topological polar surface area (TPSA) is 93.3 Å². The van der Waals surface area contributed by atoms with Crippen molar-refractivity contribution in [3.8, 4) is 0 Å². The Bertz CT molecular complexity index is 592. The molecule has 6 nitrogen and oxygen atoms in total. The molecule has 0 saturated carbocycles. The Labute approximate surface area is 122 Å². The minimum absolute atomic E-state index is 0.191. The molecule has 2 aromatic heterocycles. The average Bonchev–Trinajstić information content (AvgIpc) is 2.96. The van der Waals surface area contributed by atoms with Crippen molar-refractivity contribution in [3.05, 3.63) is 21.9 Å². The lowest BCUT2D eigenvalue weighted by atomic mass is 10.3. The minimum atomic E-state index is -0.191. The molecule has 1 amide bonds. The third kappa shape index (κ3) is 4.30. The fourth-order valence-corrected chi connectivity index (χ4v) is 3.33. The van der Waals surface area contributed by atoms with Crippen LogP contribution in [0.3, 0.4) is 0 Å². The van der Waals surface area contributed by atoms with Crippen LogP contribution in [0.1, 0.15) is 10.4 Å². The molecule has 0 fully saturated rings. The molecule has 0 aliphatic rings. The van der Waals surface area contributed by atoms with Gasteiger partial charge in [0.25, 0.3) is 5.91 Å². The van der Waals surface area contributed by atoms with E-state index in [2.05, 4.69) is 20.7 Å². The molecule has 0 aliphatic heterocycles. The zero-order chi connectivity index (χ0) is 13.7. The first-order valence-corrected chi connectivity index (χ1v) is 7.91. The molecule has 0 bridgehead atoms. The van der Waals surface area contributed by atoms with Crippen LogP contribution in [-0.4, -0.2) is 28.1 Å². The third-order valence-corrected chi connectivity index (χ3v) is 4.86. The normalized spacial score (nSPS) is 11.0. The van der Waals surface area contributed by atoms with E-state index >= 15 is 0 Å². The Balaban J connectivity index is 1.76. The zero-order valence-corrected chi connectivity index (χ0v) is 12.4. The van der Waals surface area contributed by atoms with E-state index in [1.807, 2.05) is 18.4 Å². The van der Waals surface area contributed by atoms with Crippen molar-refractivity contribution in [2.75, 3.05) is 11.5 Å². The summed E-state index contributed by atoms with van der Waals surface area (Å²) in [7, 11) is 0. The first-order chi connectivity index (χ1) is 9.15. The number of aromatic nitrogens is 2. The molecule has 0 unspecified atom stereocenters. The van der Waals surface area contributed by atoms with Crippen molar-refractivity contribution in [2.45, 2.75) is 11.3 Å². The van der Waals surface area contributed by atoms with Gasteiger partial charge in [-0.05, 0) is 23.9 Å². The number of nitrogens with one attached hydrogen (secondary N) is 1. The summed E-state index contributed by atoms with van der Waals surface area (Å²) in [6, 6.07) is 2.00. The third-order valence-electron chi connectivity index (χ3n) is 2.02. The van der Waals surface area contributed by atoms with Gasteiger partial charge in [0.1, 0.15) is 0 Å². The molecule has 100 valence electrons. The summed E-state index contributed by atoms with van der Waals surface area (Å²) in [6.45, 7) is 2.00. The molecular weight excluding hydrogens is 302 g/mol. The Kier molecular flexibility index (Phi) is 4.88. The Hall–Kier alpha value is -1.45. The molecule has 0 aromatic carbocycles. The van der Waals surface area contributed by atoms with Crippen LogP contribution in [0.5, 0.6) is 0 Å². The van der Waals surface area contributed by atoms with Crippen molar-refractivity contribution in [1.82, 2.24) is 15.6 Å². The number of amides is 1. The average molecular weight is 313 g/mol. The molecule has 0 atom stereocenters. The highest BCUT2D eigenvalue weighted by molar-refractivity contribution is 8.01. The van der Waals surface area contributed by atoms with Crippen LogP contribution in [0, 0.1) is 6.92 Å². The molecule has 0 radical (unpaired) electrons. The van der Waals surface area contributed by atoms with E-state index in [4.69, 9.17) is 5.73 Å². The van der Waals surface area contributed by atoms with Crippen LogP contribution in [0.25, 0.3) is 0 Å². The van der Waals surface area contributed by atoms with Crippen LogP contribution in [0.15, 0.2) is 20.9 Å². The highest BCUT2D eigenvalue weighted by Crippen LogP contribution is 2.22. The van der Waals surface area contributed by atoms with Crippen molar-refractivity contribution in [3.63, 3.8) is 0 Å². The van der Waals surface area contributed by atoms with Gasteiger partial charge in [-0.2, -0.15) is 5.10 Å². The number of rotatable bonds is 5. The molecule has 0 spiro atoms. The number of nitrogens with two attached hydrogens (primary N) is 1. The summed E-state index contributed by atoms with van der Waals surface area (Å²) in [4.78, 5) is 12.6. The van der Waals surface area contributed by atoms with Crippen molar-refractivity contribution in [1.29, 1.82) is 0 Å². The molecule has 19 heavy (non-hydrogen) atoms. The predicted molar refractivity (Wildman–Crippen MR) is 79.8 cm³/mol. The second kappa shape index (κ2) is 6.64. The minimum Gasteiger partial charge on any atom is -0.374 e. The molecule has 3 N–H and O–H groups in total. The second-order valence-electron chi connectivity index (χ2n) is 3.46. The van der Waals surface area contributed by atoms with Crippen LogP contribution < -0.4 is 11.2 Å². The van der Waals surface area contributed by atoms with Gasteiger partial charge in [0.15, 0.2) is 4.34 Å². The lowest BCUT2D eigenvalue weighted by molar-refractivity contribution is -0.118. The van der Waals surface area contributed by atoms with Gasteiger partial charge in [0.05, 0.1) is 12.0 Å². The van der Waals surface area contributed by atoms with Gasteiger partial charge in [-0.15, -0.1) is 21.5 Å². The lowest BCUT2D eigenvalue weighted by Crippen LogP contribution is -2.19. The molecule has 2 aromatic rings. The van der Waals surface area contributed by atoms with Gasteiger partial charge in [-0.25, -0.2) is 5.43 Å². The van der Waals surface area contributed by atoms with E-state index in [-0.39, 0.29) is 11.7 Å². The molecule has 9 heteroatoms. The predicted octanol–water partition coefficient (Wildman–Crippen LogP) is 1.73. The first-order valence-electron chi connectivity index (χ1n) is 5.23. The quantitative estimate of drug-likeness (QED) is 0.498. The standard InChI is InChI=1S/C10H11N5OS3/c1-6-2-3-17-7(6)4-12-13-8(16)5-18-10-15-14-9(11)19-10/h2-4H,5H2,1H3,(H2,11,14)(H,13,16). The number of aryl methyl sites for hydroxylation is 1. The van der Waals surface area contributed by atoms with Gasteiger partial charge >= 0.3 is 0 Å². The summed E-state index contributed by atoms with van der Waals surface area (Å²) in [5.41, 5.74) is 9.05. The number of carbonyl (C=O) groups is 1. The van der Waals surface area contributed by atoms with Crippen LogP contribution in [0.4, 0.5) is 5.13 Å². The van der Waals surface area contributed by atoms with Crippen LogP contribution >= 0.6 is 34.4 Å². The number of hydrazone groups is 1. The van der Waals surface area contributed by atoms with Gasteiger partial charge in [0, 0.05) is 4.88 Å². The maximum Gasteiger partial charge on any atom is 0.250 e. The van der Waals surface area contributed by atoms with E-state index in [1.54, 1.807) is 17.6 Å². The van der Waals surface area contributed by atoms with Crippen molar-refractivity contribution >= 4 is 51.7 Å². The number of anilines is 1. The summed E-state index contributed by atoms with van der Waals surface area (Å²) in [6.07, 6.45) is 1.64. The van der Waals surface area contributed by atoms with E-state index in [0.717, 1.165) is 10.4 Å². The first kappa shape index (κ1) is 14.0. The monoisotopic (exact) mass is 313 g/mol. The van der Waals surface area contributed by atoms with Gasteiger partial charge < -0.3 is 5.73 Å². The number of carbonyl (C=O) groups excluding carboxylic acids is 1. The maximum absolute atomic E-state index is 11.5. The molecule has 0 saturated heterocycles. The lowest BCUT2D eigenvalue weighted by Gasteiger charge is -1.96. The largest absolute Gasteiger partial charge is 0.374 e. The molecular formula is C10H11N5OS3. The number of nitrogens with zero attached hydrogens (tertiary/aromatic N) is 3. The fourth-order valence-electron chi connectivity index (χ4n) is 1.12. The van der Waals surface area contributed by atoms with Crippen LogP contribution in [-0.2, 0) is 4.79 Å². The maximum atomic E-state index is 11.5. The SMILES string of the molecule is Cc1ccsc1C=NNC(=O)CSc1nnc(N)s1. The smallest absolute Gasteiger partial charge is 0.250 e. The molecule has 2 heterocycles. The summed E-state index contributed by atoms with van der Waals surface area (Å²) in [5.74, 6) is 0.0410. The van der Waals surface area contributed by atoms with E-state index in [1.165, 1.54) is 23.1 Å². The number of nitrogen functional groups attached to an aromatic ring is 1. The van der Waals surface area contributed by atoms with E-state index in [9.17, 15) is 4.79 Å². The van der Waals surface area contributed by atoms with Crippen LogP contribution in [0.2, 0.25) is 0 Å². The summed E-state index contributed by atoms with van der Waals surface area (Å²) >= 11 is 4.12. The highest BCUT2D eigenvalue weighted by Gasteiger charge is 2.05. The zero-order valence-electron chi connectivity index (χ0n) is 9.99. The highest BCUT2D eigenvalue weighted by atomic mass is 32.2. The van der Waals surface area contributed by atoms with Crippen molar-refractivity contribution < 1.29 is 4.79 Å². The van der Waals surface area contributed by atoms with E-state index in [0.29, 0.717) is 9.47 Å². The molecule has 2 rings (SSSR count). The second-order valence-corrected chi connectivity index (χ2v) is 6.64. The Morgan fingerprint density at radius 2 is 2.47 bits per heavy atom. The summed E-state index contributed by atoms with van der Waals surface area (Å²) < 4.78 is 0.672. The van der Waals surface area contributed by atoms with Gasteiger partial charge in [-0.1, -0.05) is 23.1 Å². The van der Waals surface area contributed by atoms with Gasteiger partial charge in [0.2, 0.25) is 5.13 Å².